The molecule has 9 heteroatoms. The number of carbonyl (C=O) groups is 2. The smallest absolute Gasteiger partial charge is 0.397 e. The Morgan fingerprint density at radius 2 is 1.91 bits per heavy atom. The fraction of sp³-hybridized carbons (Fsp3) is 0.286. The Hall–Kier alpha value is -2.68. The maximum atomic E-state index is 11.5. The van der Waals surface area contributed by atoms with Crippen LogP contribution in [-0.2, 0) is 14.3 Å². The summed E-state index contributed by atoms with van der Waals surface area (Å²) in [6.07, 6.45) is 0. The number of nitrogens with zero attached hydrogens (tertiary/aromatic N) is 2. The maximum absolute atomic E-state index is 11.5. The zero-order valence-corrected chi connectivity index (χ0v) is 13.6. The van der Waals surface area contributed by atoms with Crippen LogP contribution < -0.4 is 14.8 Å². The number of rotatable bonds is 5. The van der Waals surface area contributed by atoms with Gasteiger partial charge < -0.3 is 14.2 Å². The lowest BCUT2D eigenvalue weighted by molar-refractivity contribution is -0.152. The van der Waals surface area contributed by atoms with E-state index < -0.39 is 11.9 Å². The van der Waals surface area contributed by atoms with Crippen LogP contribution >= 0.6 is 11.3 Å². The Morgan fingerprint density at radius 1 is 1.17 bits per heavy atom. The topological polar surface area (TPSA) is 99.6 Å². The number of nitrogens with one attached hydrogen (secondary N) is 1. The van der Waals surface area contributed by atoms with Gasteiger partial charge in [0.2, 0.25) is 5.13 Å². The molecular weight excluding hydrogens is 322 g/mol. The Labute approximate surface area is 136 Å². The molecule has 0 bridgehead atoms. The number of benzene rings is 1. The van der Waals surface area contributed by atoms with Crippen molar-refractivity contribution in [1.82, 2.24) is 10.2 Å². The number of ether oxygens (including phenoxy) is 3. The zero-order chi connectivity index (χ0) is 16.8. The maximum Gasteiger partial charge on any atom is 0.397 e. The van der Waals surface area contributed by atoms with Gasteiger partial charge in [-0.1, -0.05) is 11.3 Å². The van der Waals surface area contributed by atoms with Crippen LogP contribution in [0.3, 0.4) is 0 Å². The van der Waals surface area contributed by atoms with Gasteiger partial charge in [-0.25, -0.2) is 4.79 Å². The van der Waals surface area contributed by atoms with Crippen molar-refractivity contribution in [2.45, 2.75) is 6.92 Å². The second-order valence-electron chi connectivity index (χ2n) is 4.16. The third-order valence-corrected chi connectivity index (χ3v) is 3.62. The van der Waals surface area contributed by atoms with Gasteiger partial charge in [0.1, 0.15) is 5.01 Å². The van der Waals surface area contributed by atoms with Gasteiger partial charge in [-0.2, -0.15) is 0 Å². The highest BCUT2D eigenvalue weighted by molar-refractivity contribution is 7.18. The van der Waals surface area contributed by atoms with Gasteiger partial charge in [-0.05, 0) is 25.1 Å². The summed E-state index contributed by atoms with van der Waals surface area (Å²) >= 11 is 1.12. The van der Waals surface area contributed by atoms with Crippen molar-refractivity contribution >= 4 is 28.3 Å². The molecule has 0 atom stereocenters. The molecule has 0 radical (unpaired) electrons. The van der Waals surface area contributed by atoms with Gasteiger partial charge in [0.25, 0.3) is 0 Å². The number of hydrogen-bond donors (Lipinski definition) is 1. The number of anilines is 1. The Balaban J connectivity index is 2.16. The van der Waals surface area contributed by atoms with Crippen molar-refractivity contribution in [2.75, 3.05) is 26.1 Å². The van der Waals surface area contributed by atoms with E-state index in [9.17, 15) is 9.59 Å². The van der Waals surface area contributed by atoms with Crippen LogP contribution in [0.2, 0.25) is 0 Å². The summed E-state index contributed by atoms with van der Waals surface area (Å²) in [6, 6.07) is 5.28. The fourth-order valence-corrected chi connectivity index (χ4v) is 2.44. The molecule has 122 valence electrons. The summed E-state index contributed by atoms with van der Waals surface area (Å²) in [5, 5.41) is 10.9. The van der Waals surface area contributed by atoms with Gasteiger partial charge in [0.15, 0.2) is 11.5 Å². The van der Waals surface area contributed by atoms with Crippen LogP contribution in [0.5, 0.6) is 11.5 Å². The van der Waals surface area contributed by atoms with E-state index >= 15 is 0 Å². The normalized spacial score (nSPS) is 10.0. The highest BCUT2D eigenvalue weighted by Gasteiger charge is 2.18. The molecule has 0 aliphatic heterocycles. The van der Waals surface area contributed by atoms with Gasteiger partial charge in [-0.15, -0.1) is 10.2 Å². The van der Waals surface area contributed by atoms with Crippen LogP contribution in [0, 0.1) is 0 Å². The van der Waals surface area contributed by atoms with Gasteiger partial charge >= 0.3 is 11.9 Å². The average Bonchev–Trinajstić information content (AvgIpc) is 3.02. The van der Waals surface area contributed by atoms with Crippen molar-refractivity contribution in [1.29, 1.82) is 0 Å². The molecule has 2 aromatic rings. The van der Waals surface area contributed by atoms with Crippen molar-refractivity contribution in [2.24, 2.45) is 0 Å². The molecule has 0 spiro atoms. The first kappa shape index (κ1) is 16.7. The molecule has 23 heavy (non-hydrogen) atoms. The Bertz CT molecular complexity index is 716. The third kappa shape index (κ3) is 3.95. The predicted octanol–water partition coefficient (Wildman–Crippen LogP) is 1.72. The van der Waals surface area contributed by atoms with E-state index in [-0.39, 0.29) is 11.7 Å². The molecule has 0 unspecified atom stereocenters. The minimum absolute atomic E-state index is 0.124. The predicted molar refractivity (Wildman–Crippen MR) is 83.7 cm³/mol. The molecule has 2 rings (SSSR count). The molecule has 1 N–H and O–H groups in total. The van der Waals surface area contributed by atoms with Crippen molar-refractivity contribution in [3.05, 3.63) is 18.2 Å². The van der Waals surface area contributed by atoms with E-state index in [1.54, 1.807) is 32.2 Å². The number of aromatic nitrogens is 2. The van der Waals surface area contributed by atoms with E-state index in [1.165, 1.54) is 7.11 Å². The lowest BCUT2D eigenvalue weighted by Gasteiger charge is -2.07. The fourth-order valence-electron chi connectivity index (χ4n) is 1.70. The molecule has 1 heterocycles. The van der Waals surface area contributed by atoms with Crippen molar-refractivity contribution < 1.29 is 23.8 Å². The zero-order valence-electron chi connectivity index (χ0n) is 12.8. The third-order valence-electron chi connectivity index (χ3n) is 2.74. The molecule has 8 nitrogen and oxygen atoms in total. The molecular formula is C14H15N3O5S. The van der Waals surface area contributed by atoms with E-state index in [0.29, 0.717) is 16.5 Å². The first-order valence-electron chi connectivity index (χ1n) is 6.63. The summed E-state index contributed by atoms with van der Waals surface area (Å²) in [5.74, 6) is -0.703. The summed E-state index contributed by atoms with van der Waals surface area (Å²) < 4.78 is 15.0. The van der Waals surface area contributed by atoms with E-state index in [1.807, 2.05) is 0 Å². The molecule has 0 fully saturated rings. The average molecular weight is 337 g/mol. The Kier molecular flexibility index (Phi) is 5.47. The van der Waals surface area contributed by atoms with Gasteiger partial charge in [0.05, 0.1) is 20.8 Å². The van der Waals surface area contributed by atoms with E-state index in [0.717, 1.165) is 16.9 Å². The number of amides is 1. The number of carbonyl (C=O) groups excluding carboxylic acids is 2. The van der Waals surface area contributed by atoms with E-state index in [4.69, 9.17) is 9.47 Å². The largest absolute Gasteiger partial charge is 0.493 e. The molecule has 0 saturated heterocycles. The van der Waals surface area contributed by atoms with Gasteiger partial charge in [-0.3, -0.25) is 10.1 Å². The Morgan fingerprint density at radius 3 is 2.57 bits per heavy atom. The molecule has 0 saturated carbocycles. The minimum atomic E-state index is -0.963. The lowest BCUT2D eigenvalue weighted by atomic mass is 10.2. The first-order chi connectivity index (χ1) is 11.1. The first-order valence-corrected chi connectivity index (χ1v) is 7.44. The second-order valence-corrected chi connectivity index (χ2v) is 5.13. The number of hydrogen-bond acceptors (Lipinski definition) is 8. The van der Waals surface area contributed by atoms with Crippen LogP contribution in [0.4, 0.5) is 5.13 Å². The SMILES string of the molecule is CCOC(=O)C(=O)Nc1nnc(-c2ccc(OC)c(OC)c2)s1. The molecule has 0 aliphatic carbocycles. The van der Waals surface area contributed by atoms with Crippen molar-refractivity contribution in [3.63, 3.8) is 0 Å². The quantitative estimate of drug-likeness (QED) is 0.655. The summed E-state index contributed by atoms with van der Waals surface area (Å²) in [5.41, 5.74) is 0.747. The highest BCUT2D eigenvalue weighted by Crippen LogP contribution is 2.34. The summed E-state index contributed by atoms with van der Waals surface area (Å²) in [4.78, 5) is 22.8. The standard InChI is InChI=1S/C14H15N3O5S/c1-4-22-13(19)11(18)15-14-17-16-12(23-14)8-5-6-9(20-2)10(7-8)21-3/h5-7H,4H2,1-3H3,(H,15,17,18). The number of methoxy groups -OCH3 is 2. The molecule has 1 amide bonds. The van der Waals surface area contributed by atoms with Crippen LogP contribution in [0.15, 0.2) is 18.2 Å². The van der Waals surface area contributed by atoms with Crippen LogP contribution in [0.25, 0.3) is 10.6 Å². The highest BCUT2D eigenvalue weighted by atomic mass is 32.1. The van der Waals surface area contributed by atoms with Crippen LogP contribution in [0.1, 0.15) is 6.92 Å². The molecule has 0 aliphatic rings. The van der Waals surface area contributed by atoms with Crippen molar-refractivity contribution in [3.8, 4) is 22.1 Å². The monoisotopic (exact) mass is 337 g/mol. The second kappa shape index (κ2) is 7.54. The minimum Gasteiger partial charge on any atom is -0.493 e. The molecule has 1 aromatic carbocycles. The lowest BCUT2D eigenvalue weighted by Crippen LogP contribution is -2.24. The molecule has 1 aromatic heterocycles. The number of esters is 1. The summed E-state index contributed by atoms with van der Waals surface area (Å²) in [6.45, 7) is 1.74. The van der Waals surface area contributed by atoms with Crippen LogP contribution in [-0.4, -0.2) is 42.9 Å². The van der Waals surface area contributed by atoms with E-state index in [2.05, 4.69) is 20.3 Å². The van der Waals surface area contributed by atoms with Gasteiger partial charge in [0, 0.05) is 5.56 Å². The summed E-state index contributed by atoms with van der Waals surface area (Å²) in [7, 11) is 3.08.